The number of sulfonamides is 1. The summed E-state index contributed by atoms with van der Waals surface area (Å²) in [5.41, 5.74) is 1.35. The minimum Gasteiger partial charge on any atom is -0.302 e. The highest BCUT2D eigenvalue weighted by atomic mass is 35.5. The lowest BCUT2D eigenvalue weighted by atomic mass is 9.97. The third kappa shape index (κ3) is 4.94. The van der Waals surface area contributed by atoms with Gasteiger partial charge in [-0.3, -0.25) is 4.79 Å². The molecule has 6 nitrogen and oxygen atoms in total. The van der Waals surface area contributed by atoms with Crippen LogP contribution in [0.15, 0.2) is 40.6 Å². The Labute approximate surface area is 196 Å². The van der Waals surface area contributed by atoms with Crippen molar-refractivity contribution in [2.75, 3.05) is 18.4 Å². The Morgan fingerprint density at radius 1 is 1.19 bits per heavy atom. The number of rotatable bonds is 5. The summed E-state index contributed by atoms with van der Waals surface area (Å²) in [6.07, 6.45) is 0.771. The zero-order valence-electron chi connectivity index (χ0n) is 15.8. The normalized spacial score (nSPS) is 15.8. The van der Waals surface area contributed by atoms with Crippen molar-refractivity contribution in [3.05, 3.63) is 50.2 Å². The van der Waals surface area contributed by atoms with Crippen LogP contribution in [0.25, 0.3) is 11.3 Å². The fraction of sp³-hybridized carbons (Fsp3) is 0.263. The molecule has 1 amide bonds. The molecular formula is C19H16Cl2FN3O3S3. The predicted molar refractivity (Wildman–Crippen MR) is 122 cm³/mol. The number of piperidine rings is 1. The molecule has 0 radical (unpaired) electrons. The summed E-state index contributed by atoms with van der Waals surface area (Å²) in [5, 5.41) is 5.04. The summed E-state index contributed by atoms with van der Waals surface area (Å²) in [6, 6.07) is 6.46. The van der Waals surface area contributed by atoms with E-state index < -0.39 is 15.8 Å². The van der Waals surface area contributed by atoms with E-state index in [1.165, 1.54) is 39.1 Å². The van der Waals surface area contributed by atoms with Crippen molar-refractivity contribution in [2.45, 2.75) is 17.7 Å². The Hall–Kier alpha value is -1.56. The van der Waals surface area contributed by atoms with Gasteiger partial charge in [-0.25, -0.2) is 17.8 Å². The molecule has 0 saturated carbocycles. The number of aromatic nitrogens is 1. The minimum atomic E-state index is -3.71. The number of anilines is 1. The lowest BCUT2D eigenvalue weighted by Crippen LogP contribution is -2.41. The van der Waals surface area contributed by atoms with Crippen LogP contribution in [0.4, 0.5) is 9.52 Å². The van der Waals surface area contributed by atoms with Gasteiger partial charge in [-0.05, 0) is 43.2 Å². The molecule has 31 heavy (non-hydrogen) atoms. The van der Waals surface area contributed by atoms with Gasteiger partial charge >= 0.3 is 0 Å². The smallest absolute Gasteiger partial charge is 0.243 e. The van der Waals surface area contributed by atoms with Gasteiger partial charge in [0.05, 0.1) is 14.9 Å². The van der Waals surface area contributed by atoms with Gasteiger partial charge in [-0.1, -0.05) is 23.2 Å². The summed E-state index contributed by atoms with van der Waals surface area (Å²) < 4.78 is 40.9. The van der Waals surface area contributed by atoms with Crippen molar-refractivity contribution >= 4 is 66.9 Å². The number of hydrogen-bond acceptors (Lipinski definition) is 6. The molecule has 3 aromatic rings. The highest BCUT2D eigenvalue weighted by Gasteiger charge is 2.32. The molecule has 3 heterocycles. The summed E-state index contributed by atoms with van der Waals surface area (Å²) in [4.78, 5) is 17.1. The van der Waals surface area contributed by atoms with Gasteiger partial charge < -0.3 is 5.32 Å². The molecule has 4 rings (SSSR count). The number of nitrogens with one attached hydrogen (secondary N) is 1. The number of carbonyl (C=O) groups excluding carboxylic acids is 1. The van der Waals surface area contributed by atoms with E-state index in [0.29, 0.717) is 37.9 Å². The Balaban J connectivity index is 1.37. The highest BCUT2D eigenvalue weighted by molar-refractivity contribution is 7.89. The largest absolute Gasteiger partial charge is 0.302 e. The number of nitrogens with zero attached hydrogens (tertiary/aromatic N) is 2. The van der Waals surface area contributed by atoms with E-state index in [1.54, 1.807) is 11.4 Å². The molecule has 1 N–H and O–H groups in total. The predicted octanol–water partition coefficient (Wildman–Crippen LogP) is 5.36. The zero-order chi connectivity index (χ0) is 22.2. The first-order chi connectivity index (χ1) is 14.7. The van der Waals surface area contributed by atoms with E-state index in [9.17, 15) is 17.6 Å². The summed E-state index contributed by atoms with van der Waals surface area (Å²) in [7, 11) is -3.71. The maximum atomic E-state index is 13.1. The molecule has 2 aromatic heterocycles. The Bertz CT molecular complexity index is 1200. The van der Waals surface area contributed by atoms with Crippen LogP contribution in [-0.4, -0.2) is 36.7 Å². The SMILES string of the molecule is O=C(Nc1nc(-c2cc(Cl)sc2Cl)cs1)C1CCN(S(=O)(=O)c2ccc(F)cc2)CC1. The van der Waals surface area contributed by atoms with Crippen LogP contribution >= 0.6 is 45.9 Å². The van der Waals surface area contributed by atoms with Crippen LogP contribution in [0.1, 0.15) is 12.8 Å². The second-order valence-corrected chi connectivity index (χ2v) is 12.0. The number of amides is 1. The number of benzene rings is 1. The second kappa shape index (κ2) is 9.13. The van der Waals surface area contributed by atoms with Gasteiger partial charge in [0.1, 0.15) is 10.2 Å². The molecule has 0 bridgehead atoms. The second-order valence-electron chi connectivity index (χ2n) is 6.90. The average Bonchev–Trinajstić information content (AvgIpc) is 3.33. The standard InChI is InChI=1S/C19H16Cl2FN3O3S3/c20-16-9-14(17(21)30-16)15-10-29-19(23-15)24-18(26)11-5-7-25(8-6-11)31(27,28)13-3-1-12(22)2-4-13/h1-4,9-11H,5-8H2,(H,23,24,26). The van der Waals surface area contributed by atoms with Gasteiger partial charge in [-0.15, -0.1) is 22.7 Å². The quantitative estimate of drug-likeness (QED) is 0.492. The molecule has 12 heteroatoms. The zero-order valence-corrected chi connectivity index (χ0v) is 19.8. The van der Waals surface area contributed by atoms with Crippen molar-refractivity contribution in [1.82, 2.24) is 9.29 Å². The van der Waals surface area contributed by atoms with Crippen LogP contribution < -0.4 is 5.32 Å². The molecule has 0 atom stereocenters. The van der Waals surface area contributed by atoms with Gasteiger partial charge in [0.25, 0.3) is 0 Å². The Morgan fingerprint density at radius 2 is 1.87 bits per heavy atom. The van der Waals surface area contributed by atoms with E-state index >= 15 is 0 Å². The van der Waals surface area contributed by atoms with E-state index in [0.717, 1.165) is 12.1 Å². The average molecular weight is 520 g/mol. The van der Waals surface area contributed by atoms with Crippen LogP contribution in [0.5, 0.6) is 0 Å². The fourth-order valence-corrected chi connectivity index (χ4v) is 6.96. The lowest BCUT2D eigenvalue weighted by Gasteiger charge is -2.30. The Kier molecular flexibility index (Phi) is 6.66. The van der Waals surface area contributed by atoms with Crippen molar-refractivity contribution in [2.24, 2.45) is 5.92 Å². The third-order valence-corrected chi connectivity index (χ3v) is 9.10. The number of thiazole rings is 1. The van der Waals surface area contributed by atoms with Crippen molar-refractivity contribution in [1.29, 1.82) is 0 Å². The number of thiophene rings is 1. The number of carbonyl (C=O) groups is 1. The van der Waals surface area contributed by atoms with E-state index in [-0.39, 0.29) is 29.8 Å². The lowest BCUT2D eigenvalue weighted by molar-refractivity contribution is -0.120. The van der Waals surface area contributed by atoms with Crippen molar-refractivity contribution in [3.8, 4) is 11.3 Å². The first-order valence-corrected chi connectivity index (χ1v) is 13.1. The molecule has 1 aliphatic heterocycles. The van der Waals surface area contributed by atoms with Crippen LogP contribution in [-0.2, 0) is 14.8 Å². The van der Waals surface area contributed by atoms with Crippen molar-refractivity contribution < 1.29 is 17.6 Å². The van der Waals surface area contributed by atoms with Gasteiger partial charge in [0.15, 0.2) is 5.13 Å². The molecule has 164 valence electrons. The summed E-state index contributed by atoms with van der Waals surface area (Å²) in [6.45, 7) is 0.424. The fourth-order valence-electron chi connectivity index (χ4n) is 3.29. The highest BCUT2D eigenvalue weighted by Crippen LogP contribution is 2.39. The molecule has 1 saturated heterocycles. The van der Waals surface area contributed by atoms with Gasteiger partial charge in [0, 0.05) is 30.0 Å². The molecule has 1 fully saturated rings. The molecule has 0 unspecified atom stereocenters. The molecular weight excluding hydrogens is 504 g/mol. The van der Waals surface area contributed by atoms with E-state index in [4.69, 9.17) is 23.2 Å². The number of hydrogen-bond donors (Lipinski definition) is 1. The van der Waals surface area contributed by atoms with Gasteiger partial charge in [-0.2, -0.15) is 4.31 Å². The van der Waals surface area contributed by atoms with E-state index in [2.05, 4.69) is 10.3 Å². The first kappa shape index (κ1) is 22.6. The van der Waals surface area contributed by atoms with Crippen LogP contribution in [0.3, 0.4) is 0 Å². The monoisotopic (exact) mass is 519 g/mol. The van der Waals surface area contributed by atoms with Crippen LogP contribution in [0.2, 0.25) is 8.67 Å². The van der Waals surface area contributed by atoms with Gasteiger partial charge in [0.2, 0.25) is 15.9 Å². The first-order valence-electron chi connectivity index (χ1n) is 9.21. The maximum Gasteiger partial charge on any atom is 0.243 e. The molecule has 0 spiro atoms. The van der Waals surface area contributed by atoms with Crippen molar-refractivity contribution in [3.63, 3.8) is 0 Å². The topological polar surface area (TPSA) is 79.4 Å². The van der Waals surface area contributed by atoms with E-state index in [1.807, 2.05) is 0 Å². The molecule has 0 aliphatic carbocycles. The summed E-state index contributed by atoms with van der Waals surface area (Å²) >= 11 is 14.7. The molecule has 1 aliphatic rings. The summed E-state index contributed by atoms with van der Waals surface area (Å²) in [5.74, 6) is -1.02. The third-order valence-electron chi connectivity index (χ3n) is 4.94. The minimum absolute atomic E-state index is 0.0410. The maximum absolute atomic E-state index is 13.1. The van der Waals surface area contributed by atoms with Crippen LogP contribution in [0, 0.1) is 11.7 Å². The number of halogens is 3. The molecule has 1 aromatic carbocycles. The Morgan fingerprint density at radius 3 is 2.48 bits per heavy atom.